The first-order valence-corrected chi connectivity index (χ1v) is 8.35. The van der Waals surface area contributed by atoms with E-state index in [1.807, 2.05) is 36.4 Å². The molecule has 0 saturated carbocycles. The molecule has 122 valence electrons. The molecule has 3 rings (SSSR count). The maximum Gasteiger partial charge on any atom is 0.251 e. The van der Waals surface area contributed by atoms with Crippen LogP contribution in [-0.4, -0.2) is 25.0 Å². The van der Waals surface area contributed by atoms with E-state index in [4.69, 9.17) is 11.6 Å². The molecular weight excluding hydrogens is 322 g/mol. The molecule has 1 heterocycles. The quantitative estimate of drug-likeness (QED) is 0.929. The van der Waals surface area contributed by atoms with Crippen molar-refractivity contribution in [1.82, 2.24) is 5.32 Å². The van der Waals surface area contributed by atoms with Crippen LogP contribution in [-0.2, 0) is 0 Å². The number of anilines is 1. The fourth-order valence-electron chi connectivity index (χ4n) is 3.00. The summed E-state index contributed by atoms with van der Waals surface area (Å²) in [5.41, 5.74) is 2.19. The summed E-state index contributed by atoms with van der Waals surface area (Å²) in [5, 5.41) is 12.9. The average molecular weight is 340 g/mol. The highest BCUT2D eigenvalue weighted by molar-refractivity contribution is 6.30. The van der Waals surface area contributed by atoms with Crippen molar-refractivity contribution in [3.8, 4) is 6.07 Å². The van der Waals surface area contributed by atoms with Gasteiger partial charge in [0.25, 0.3) is 5.91 Å². The lowest BCUT2D eigenvalue weighted by atomic mass is 10.0. The molecule has 1 aliphatic heterocycles. The number of amides is 1. The first-order chi connectivity index (χ1) is 11.7. The Hall–Kier alpha value is -2.51. The van der Waals surface area contributed by atoms with Crippen LogP contribution in [0.4, 0.5) is 5.69 Å². The first-order valence-electron chi connectivity index (χ1n) is 7.98. The maximum atomic E-state index is 12.2. The third-order valence-corrected chi connectivity index (χ3v) is 4.52. The van der Waals surface area contributed by atoms with Crippen LogP contribution in [0.3, 0.4) is 0 Å². The number of halogens is 1. The number of benzene rings is 2. The minimum atomic E-state index is -0.0294. The smallest absolute Gasteiger partial charge is 0.251 e. The molecule has 1 N–H and O–H groups in total. The summed E-state index contributed by atoms with van der Waals surface area (Å²) in [7, 11) is 0. The second-order valence-corrected chi connectivity index (χ2v) is 6.31. The van der Waals surface area contributed by atoms with Gasteiger partial charge in [-0.05, 0) is 43.2 Å². The highest BCUT2D eigenvalue weighted by Crippen LogP contribution is 2.26. The number of carbonyl (C=O) groups is 1. The van der Waals surface area contributed by atoms with E-state index in [0.29, 0.717) is 16.1 Å². The van der Waals surface area contributed by atoms with Gasteiger partial charge in [0.2, 0.25) is 0 Å². The Morgan fingerprint density at radius 2 is 1.88 bits per heavy atom. The van der Waals surface area contributed by atoms with Gasteiger partial charge in [-0.3, -0.25) is 4.79 Å². The predicted molar refractivity (Wildman–Crippen MR) is 95.3 cm³/mol. The highest BCUT2D eigenvalue weighted by atomic mass is 35.5. The molecule has 1 saturated heterocycles. The van der Waals surface area contributed by atoms with E-state index >= 15 is 0 Å². The van der Waals surface area contributed by atoms with Gasteiger partial charge >= 0.3 is 0 Å². The third-order valence-electron chi connectivity index (χ3n) is 4.29. The molecule has 0 radical (unpaired) electrons. The molecule has 0 spiro atoms. The molecule has 0 bridgehead atoms. The summed E-state index contributed by atoms with van der Waals surface area (Å²) in [6.07, 6.45) is 1.71. The average Bonchev–Trinajstić information content (AvgIpc) is 2.63. The molecule has 0 unspecified atom stereocenters. The van der Waals surface area contributed by atoms with E-state index in [2.05, 4.69) is 16.3 Å². The van der Waals surface area contributed by atoms with Crippen LogP contribution in [0, 0.1) is 11.3 Å². The lowest BCUT2D eigenvalue weighted by Gasteiger charge is -2.34. The van der Waals surface area contributed by atoms with Gasteiger partial charge in [0.15, 0.2) is 0 Å². The van der Waals surface area contributed by atoms with Crippen molar-refractivity contribution in [2.75, 3.05) is 18.0 Å². The Kier molecular flexibility index (Phi) is 5.02. The minimum absolute atomic E-state index is 0.0294. The van der Waals surface area contributed by atoms with Gasteiger partial charge in [-0.25, -0.2) is 0 Å². The van der Waals surface area contributed by atoms with Crippen LogP contribution in [0.25, 0.3) is 0 Å². The van der Waals surface area contributed by atoms with Crippen molar-refractivity contribution < 1.29 is 4.79 Å². The van der Waals surface area contributed by atoms with Gasteiger partial charge in [-0.1, -0.05) is 29.8 Å². The van der Waals surface area contributed by atoms with Crippen LogP contribution in [0.2, 0.25) is 5.02 Å². The van der Waals surface area contributed by atoms with Gasteiger partial charge in [0.1, 0.15) is 6.07 Å². The second kappa shape index (κ2) is 7.37. The summed E-state index contributed by atoms with van der Waals surface area (Å²) >= 11 is 5.96. The number of rotatable bonds is 3. The van der Waals surface area contributed by atoms with Crippen molar-refractivity contribution in [3.63, 3.8) is 0 Å². The zero-order valence-electron chi connectivity index (χ0n) is 13.2. The largest absolute Gasteiger partial charge is 0.370 e. The zero-order chi connectivity index (χ0) is 16.9. The van der Waals surface area contributed by atoms with Crippen molar-refractivity contribution >= 4 is 23.2 Å². The topological polar surface area (TPSA) is 56.1 Å². The lowest BCUT2D eigenvalue weighted by Crippen LogP contribution is -2.44. The molecule has 0 aliphatic carbocycles. The van der Waals surface area contributed by atoms with E-state index in [1.54, 1.807) is 12.1 Å². The molecule has 0 aromatic heterocycles. The van der Waals surface area contributed by atoms with Gasteiger partial charge < -0.3 is 10.2 Å². The third kappa shape index (κ3) is 3.69. The normalized spacial score (nSPS) is 14.9. The summed E-state index contributed by atoms with van der Waals surface area (Å²) < 4.78 is 0. The maximum absolute atomic E-state index is 12.2. The van der Waals surface area contributed by atoms with Crippen molar-refractivity contribution in [2.24, 2.45) is 0 Å². The summed E-state index contributed by atoms with van der Waals surface area (Å²) in [6.45, 7) is 1.60. The van der Waals surface area contributed by atoms with Crippen molar-refractivity contribution in [1.29, 1.82) is 5.26 Å². The molecule has 1 aliphatic rings. The minimum Gasteiger partial charge on any atom is -0.370 e. The standard InChI is InChI=1S/C19H18ClN3O/c20-16-6-7-18(15(12-16)13-21)23-10-8-17(9-11-23)22-19(24)14-4-2-1-3-5-14/h1-7,12,17H,8-11H2,(H,22,24). The molecule has 4 nitrogen and oxygen atoms in total. The lowest BCUT2D eigenvalue weighted by molar-refractivity contribution is 0.0931. The van der Waals surface area contributed by atoms with Crippen LogP contribution in [0.5, 0.6) is 0 Å². The Labute approximate surface area is 146 Å². The fourth-order valence-corrected chi connectivity index (χ4v) is 3.17. The second-order valence-electron chi connectivity index (χ2n) is 5.87. The Morgan fingerprint density at radius 3 is 2.54 bits per heavy atom. The Balaban J connectivity index is 1.60. The summed E-state index contributed by atoms with van der Waals surface area (Å²) in [6, 6.07) is 17.0. The highest BCUT2D eigenvalue weighted by Gasteiger charge is 2.22. The van der Waals surface area contributed by atoms with Gasteiger partial charge in [-0.2, -0.15) is 5.26 Å². The number of piperidine rings is 1. The van der Waals surface area contributed by atoms with E-state index < -0.39 is 0 Å². The van der Waals surface area contributed by atoms with E-state index in [9.17, 15) is 10.1 Å². The molecule has 2 aromatic carbocycles. The van der Waals surface area contributed by atoms with Crippen LogP contribution >= 0.6 is 11.6 Å². The number of hydrogen-bond donors (Lipinski definition) is 1. The number of carbonyl (C=O) groups excluding carboxylic acids is 1. The number of nitriles is 1. The fraction of sp³-hybridized carbons (Fsp3) is 0.263. The molecular formula is C19H18ClN3O. The Morgan fingerprint density at radius 1 is 1.17 bits per heavy atom. The summed E-state index contributed by atoms with van der Waals surface area (Å²) in [5.74, 6) is -0.0294. The van der Waals surface area contributed by atoms with Crippen molar-refractivity contribution in [2.45, 2.75) is 18.9 Å². The molecule has 1 fully saturated rings. The number of hydrogen-bond acceptors (Lipinski definition) is 3. The number of nitrogens with one attached hydrogen (secondary N) is 1. The molecule has 2 aromatic rings. The zero-order valence-corrected chi connectivity index (χ0v) is 14.0. The monoisotopic (exact) mass is 339 g/mol. The molecule has 1 amide bonds. The Bertz CT molecular complexity index is 762. The van der Waals surface area contributed by atoms with Crippen LogP contribution in [0.1, 0.15) is 28.8 Å². The van der Waals surface area contributed by atoms with Crippen LogP contribution < -0.4 is 10.2 Å². The molecule has 24 heavy (non-hydrogen) atoms. The predicted octanol–water partition coefficient (Wildman–Crippen LogP) is 3.61. The van der Waals surface area contributed by atoms with E-state index in [0.717, 1.165) is 31.6 Å². The SMILES string of the molecule is N#Cc1cc(Cl)ccc1N1CCC(NC(=O)c2ccccc2)CC1. The van der Waals surface area contributed by atoms with Crippen LogP contribution in [0.15, 0.2) is 48.5 Å². The number of nitrogens with zero attached hydrogens (tertiary/aromatic N) is 2. The first kappa shape index (κ1) is 16.4. The van der Waals surface area contributed by atoms with Gasteiger partial charge in [0.05, 0.1) is 11.3 Å². The van der Waals surface area contributed by atoms with Gasteiger partial charge in [0, 0.05) is 29.7 Å². The van der Waals surface area contributed by atoms with Gasteiger partial charge in [-0.15, -0.1) is 0 Å². The molecule has 5 heteroatoms. The van der Waals surface area contributed by atoms with Crippen molar-refractivity contribution in [3.05, 3.63) is 64.7 Å². The summed E-state index contributed by atoms with van der Waals surface area (Å²) in [4.78, 5) is 14.4. The molecule has 0 atom stereocenters. The van der Waals surface area contributed by atoms with E-state index in [-0.39, 0.29) is 11.9 Å². The van der Waals surface area contributed by atoms with E-state index in [1.165, 1.54) is 0 Å².